The van der Waals surface area contributed by atoms with Crippen molar-refractivity contribution < 1.29 is 0 Å². The fourth-order valence-corrected chi connectivity index (χ4v) is 1.92. The molecule has 1 rings (SSSR count). The minimum atomic E-state index is 1.15. The maximum absolute atomic E-state index is 3.77. The summed E-state index contributed by atoms with van der Waals surface area (Å²) in [5.74, 6) is 0. The minimum absolute atomic E-state index is 1.15. The number of hydrogen-bond acceptors (Lipinski definition) is 1. The van der Waals surface area contributed by atoms with Crippen LogP contribution in [0, 0.1) is 0 Å². The highest BCUT2D eigenvalue weighted by molar-refractivity contribution is 5.47. The quantitative estimate of drug-likeness (QED) is 0.654. The predicted molar refractivity (Wildman–Crippen MR) is 77.3 cm³/mol. The first kappa shape index (κ1) is 14.0. The highest BCUT2D eigenvalue weighted by atomic mass is 15.1. The van der Waals surface area contributed by atoms with Crippen LogP contribution < -0.4 is 0 Å². The van der Waals surface area contributed by atoms with Crippen molar-refractivity contribution in [3.05, 3.63) is 42.0 Å². The van der Waals surface area contributed by atoms with Gasteiger partial charge in [0.15, 0.2) is 0 Å². The topological polar surface area (TPSA) is 3.24 Å². The van der Waals surface area contributed by atoms with Crippen LogP contribution >= 0.6 is 0 Å². The molecule has 94 valence electrons. The second-order valence-corrected chi connectivity index (χ2v) is 4.48. The molecule has 17 heavy (non-hydrogen) atoms. The highest BCUT2D eigenvalue weighted by Gasteiger charge is 2.01. The number of rotatable bonds is 8. The molecule has 0 aliphatic rings. The van der Waals surface area contributed by atoms with Gasteiger partial charge in [0, 0.05) is 6.54 Å². The van der Waals surface area contributed by atoms with E-state index in [2.05, 4.69) is 49.6 Å². The zero-order valence-electron chi connectivity index (χ0n) is 11.3. The van der Waals surface area contributed by atoms with E-state index in [-0.39, 0.29) is 0 Å². The van der Waals surface area contributed by atoms with Crippen molar-refractivity contribution in [1.82, 2.24) is 4.90 Å². The number of unbranched alkanes of at least 4 members (excludes halogenated alkanes) is 1. The number of benzene rings is 1. The zero-order valence-corrected chi connectivity index (χ0v) is 11.3. The van der Waals surface area contributed by atoms with Crippen LogP contribution in [0.15, 0.2) is 30.8 Å². The molecule has 0 radical (unpaired) electrons. The second-order valence-electron chi connectivity index (χ2n) is 4.48. The Bertz CT molecular complexity index is 313. The Morgan fingerprint density at radius 2 is 1.82 bits per heavy atom. The van der Waals surface area contributed by atoms with Crippen LogP contribution in [0.4, 0.5) is 0 Å². The SMILES string of the molecule is C=Cc1ccc(CCN(CC)CCCC)cc1. The average molecular weight is 231 g/mol. The molecule has 0 bridgehead atoms. The van der Waals surface area contributed by atoms with Gasteiger partial charge in [-0.3, -0.25) is 0 Å². The summed E-state index contributed by atoms with van der Waals surface area (Å²) < 4.78 is 0. The van der Waals surface area contributed by atoms with E-state index in [1.165, 1.54) is 37.1 Å². The van der Waals surface area contributed by atoms with E-state index in [1.807, 2.05) is 6.08 Å². The van der Waals surface area contributed by atoms with Crippen molar-refractivity contribution in [3.8, 4) is 0 Å². The summed E-state index contributed by atoms with van der Waals surface area (Å²) in [4.78, 5) is 2.53. The maximum atomic E-state index is 3.77. The van der Waals surface area contributed by atoms with Crippen molar-refractivity contribution in [2.24, 2.45) is 0 Å². The third-order valence-corrected chi connectivity index (χ3v) is 3.21. The largest absolute Gasteiger partial charge is 0.303 e. The molecule has 0 aromatic heterocycles. The van der Waals surface area contributed by atoms with Gasteiger partial charge in [-0.15, -0.1) is 0 Å². The molecule has 1 heteroatoms. The first-order chi connectivity index (χ1) is 8.30. The fraction of sp³-hybridized carbons (Fsp3) is 0.500. The lowest BCUT2D eigenvalue weighted by atomic mass is 10.1. The van der Waals surface area contributed by atoms with E-state index in [4.69, 9.17) is 0 Å². The summed E-state index contributed by atoms with van der Waals surface area (Å²) in [6.45, 7) is 11.8. The van der Waals surface area contributed by atoms with Gasteiger partial charge in [0.2, 0.25) is 0 Å². The molecule has 0 fully saturated rings. The van der Waals surface area contributed by atoms with Gasteiger partial charge < -0.3 is 4.90 Å². The normalized spacial score (nSPS) is 10.8. The second kappa shape index (κ2) is 8.08. The average Bonchev–Trinajstić information content (AvgIpc) is 2.39. The van der Waals surface area contributed by atoms with E-state index >= 15 is 0 Å². The lowest BCUT2D eigenvalue weighted by molar-refractivity contribution is 0.287. The molecule has 1 aromatic rings. The Hall–Kier alpha value is -1.08. The van der Waals surface area contributed by atoms with Gasteiger partial charge >= 0.3 is 0 Å². The summed E-state index contributed by atoms with van der Waals surface area (Å²) in [5.41, 5.74) is 2.62. The third kappa shape index (κ3) is 5.18. The summed E-state index contributed by atoms with van der Waals surface area (Å²) in [6.07, 6.45) is 5.63. The van der Waals surface area contributed by atoms with Crippen LogP contribution in [-0.4, -0.2) is 24.5 Å². The standard InChI is InChI=1S/C16H25N/c1-4-7-13-17(6-3)14-12-16-10-8-15(5-2)9-11-16/h5,8-11H,2,4,6-7,12-14H2,1,3H3. The van der Waals surface area contributed by atoms with Crippen LogP contribution in [0.3, 0.4) is 0 Å². The van der Waals surface area contributed by atoms with E-state index < -0.39 is 0 Å². The van der Waals surface area contributed by atoms with Crippen LogP contribution in [0.5, 0.6) is 0 Å². The molecule has 0 heterocycles. The Morgan fingerprint density at radius 1 is 1.12 bits per heavy atom. The van der Waals surface area contributed by atoms with Gasteiger partial charge in [-0.05, 0) is 37.1 Å². The van der Waals surface area contributed by atoms with E-state index in [0.717, 1.165) is 13.0 Å². The first-order valence-corrected chi connectivity index (χ1v) is 6.73. The van der Waals surface area contributed by atoms with Gasteiger partial charge in [0.1, 0.15) is 0 Å². The molecule has 0 saturated heterocycles. The summed E-state index contributed by atoms with van der Waals surface area (Å²) in [6, 6.07) is 8.71. The molecule has 0 amide bonds. The lowest BCUT2D eigenvalue weighted by Gasteiger charge is -2.19. The maximum Gasteiger partial charge on any atom is 0.00217 e. The van der Waals surface area contributed by atoms with Crippen molar-refractivity contribution in [1.29, 1.82) is 0 Å². The monoisotopic (exact) mass is 231 g/mol. The molecule has 0 saturated carbocycles. The van der Waals surface area contributed by atoms with E-state index in [9.17, 15) is 0 Å². The van der Waals surface area contributed by atoms with E-state index in [0.29, 0.717) is 0 Å². The van der Waals surface area contributed by atoms with Crippen LogP contribution in [0.1, 0.15) is 37.8 Å². The lowest BCUT2D eigenvalue weighted by Crippen LogP contribution is -2.26. The van der Waals surface area contributed by atoms with Crippen LogP contribution in [0.2, 0.25) is 0 Å². The van der Waals surface area contributed by atoms with Gasteiger partial charge in [-0.1, -0.05) is 57.2 Å². The molecule has 0 spiro atoms. The molecule has 1 nitrogen and oxygen atoms in total. The van der Waals surface area contributed by atoms with E-state index in [1.54, 1.807) is 0 Å². The molecule has 0 N–H and O–H groups in total. The first-order valence-electron chi connectivity index (χ1n) is 6.73. The molecular weight excluding hydrogens is 206 g/mol. The van der Waals surface area contributed by atoms with Crippen molar-refractivity contribution in [3.63, 3.8) is 0 Å². The Morgan fingerprint density at radius 3 is 2.35 bits per heavy atom. The zero-order chi connectivity index (χ0) is 12.5. The van der Waals surface area contributed by atoms with Gasteiger partial charge in [-0.2, -0.15) is 0 Å². The highest BCUT2D eigenvalue weighted by Crippen LogP contribution is 2.07. The van der Waals surface area contributed by atoms with Gasteiger partial charge in [0.05, 0.1) is 0 Å². The van der Waals surface area contributed by atoms with Crippen LogP contribution in [-0.2, 0) is 6.42 Å². The summed E-state index contributed by atoms with van der Waals surface area (Å²) >= 11 is 0. The molecule has 0 unspecified atom stereocenters. The molecule has 0 atom stereocenters. The Balaban J connectivity index is 2.39. The van der Waals surface area contributed by atoms with Crippen molar-refractivity contribution >= 4 is 6.08 Å². The fourth-order valence-electron chi connectivity index (χ4n) is 1.92. The Kier molecular flexibility index (Phi) is 6.64. The predicted octanol–water partition coefficient (Wildman–Crippen LogP) is 3.99. The van der Waals surface area contributed by atoms with Gasteiger partial charge in [0.25, 0.3) is 0 Å². The number of likely N-dealkylation sites (N-methyl/N-ethyl adjacent to an activating group) is 1. The smallest absolute Gasteiger partial charge is 0.00217 e. The van der Waals surface area contributed by atoms with Gasteiger partial charge in [-0.25, -0.2) is 0 Å². The minimum Gasteiger partial charge on any atom is -0.303 e. The number of hydrogen-bond donors (Lipinski definition) is 0. The Labute approximate surface area is 106 Å². The third-order valence-electron chi connectivity index (χ3n) is 3.21. The molecule has 1 aromatic carbocycles. The summed E-state index contributed by atoms with van der Waals surface area (Å²) in [5, 5.41) is 0. The number of nitrogens with zero attached hydrogens (tertiary/aromatic N) is 1. The van der Waals surface area contributed by atoms with Crippen molar-refractivity contribution in [2.45, 2.75) is 33.1 Å². The summed E-state index contributed by atoms with van der Waals surface area (Å²) in [7, 11) is 0. The van der Waals surface area contributed by atoms with Crippen LogP contribution in [0.25, 0.3) is 6.08 Å². The molecule has 0 aliphatic carbocycles. The van der Waals surface area contributed by atoms with Crippen molar-refractivity contribution in [2.75, 3.05) is 19.6 Å². The molecule has 0 aliphatic heterocycles. The molecular formula is C16H25N.